The van der Waals surface area contributed by atoms with Gasteiger partial charge in [-0.1, -0.05) is 30.3 Å². The normalized spacial score (nSPS) is 21.4. The quantitative estimate of drug-likeness (QED) is 0.399. The summed E-state index contributed by atoms with van der Waals surface area (Å²) in [6.07, 6.45) is 3.79. The van der Waals surface area contributed by atoms with Gasteiger partial charge >= 0.3 is 0 Å². The molecule has 0 bridgehead atoms. The molecular formula is C25H21N3O. The van der Waals surface area contributed by atoms with E-state index in [1.807, 2.05) is 30.5 Å². The SMILES string of the molecule is CN1c2ccc3ccccc3c2C(C)(C)C12C=Nc1c(ccc3ncccc13)O2. The van der Waals surface area contributed by atoms with Crippen LogP contribution in [0.3, 0.4) is 0 Å². The Kier molecular flexibility index (Phi) is 3.05. The highest BCUT2D eigenvalue weighted by Gasteiger charge is 2.59. The zero-order chi connectivity index (χ0) is 19.8. The van der Waals surface area contributed by atoms with Crippen LogP contribution in [-0.2, 0) is 5.41 Å². The van der Waals surface area contributed by atoms with Crippen LogP contribution >= 0.6 is 0 Å². The maximum Gasteiger partial charge on any atom is 0.228 e. The van der Waals surface area contributed by atoms with Gasteiger partial charge in [0.1, 0.15) is 11.4 Å². The van der Waals surface area contributed by atoms with E-state index in [0.717, 1.165) is 22.3 Å². The Hall–Kier alpha value is -3.40. The highest BCUT2D eigenvalue weighted by atomic mass is 16.5. The van der Waals surface area contributed by atoms with Gasteiger partial charge < -0.3 is 9.64 Å². The van der Waals surface area contributed by atoms with Crippen molar-refractivity contribution in [3.63, 3.8) is 0 Å². The first-order chi connectivity index (χ1) is 14.0. The molecule has 1 atom stereocenters. The first-order valence-electron chi connectivity index (χ1n) is 9.91. The van der Waals surface area contributed by atoms with Crippen molar-refractivity contribution in [3.05, 3.63) is 72.4 Å². The second-order valence-corrected chi connectivity index (χ2v) is 8.40. The van der Waals surface area contributed by atoms with E-state index >= 15 is 0 Å². The fourth-order valence-electron chi connectivity index (χ4n) is 5.10. The molecule has 3 heterocycles. The average molecular weight is 379 g/mol. The van der Waals surface area contributed by atoms with E-state index in [0.29, 0.717) is 0 Å². The molecule has 0 radical (unpaired) electrons. The second-order valence-electron chi connectivity index (χ2n) is 8.40. The van der Waals surface area contributed by atoms with Crippen LogP contribution in [0.25, 0.3) is 21.7 Å². The topological polar surface area (TPSA) is 37.7 Å². The summed E-state index contributed by atoms with van der Waals surface area (Å²) in [6, 6.07) is 20.9. The summed E-state index contributed by atoms with van der Waals surface area (Å²) in [6.45, 7) is 4.50. The number of pyridine rings is 1. The molecule has 0 saturated carbocycles. The molecule has 3 aromatic carbocycles. The molecule has 0 fully saturated rings. The van der Waals surface area contributed by atoms with Crippen molar-refractivity contribution in [2.24, 2.45) is 4.99 Å². The van der Waals surface area contributed by atoms with Crippen molar-refractivity contribution in [3.8, 4) is 5.75 Å². The van der Waals surface area contributed by atoms with Crippen molar-refractivity contribution in [1.82, 2.24) is 4.98 Å². The van der Waals surface area contributed by atoms with Crippen molar-refractivity contribution in [1.29, 1.82) is 0 Å². The van der Waals surface area contributed by atoms with Crippen LogP contribution < -0.4 is 9.64 Å². The van der Waals surface area contributed by atoms with Gasteiger partial charge in [-0.25, -0.2) is 0 Å². The molecule has 1 spiro atoms. The summed E-state index contributed by atoms with van der Waals surface area (Å²) in [7, 11) is 2.10. The van der Waals surface area contributed by atoms with Gasteiger partial charge in [0.05, 0.1) is 17.1 Å². The van der Waals surface area contributed by atoms with E-state index < -0.39 is 5.72 Å². The lowest BCUT2D eigenvalue weighted by atomic mass is 9.76. The molecule has 4 nitrogen and oxygen atoms in total. The van der Waals surface area contributed by atoms with E-state index in [1.165, 1.54) is 22.0 Å². The Morgan fingerprint density at radius 2 is 1.72 bits per heavy atom. The minimum atomic E-state index is -0.692. The number of anilines is 1. The maximum absolute atomic E-state index is 6.80. The van der Waals surface area contributed by atoms with Crippen LogP contribution in [0.4, 0.5) is 11.4 Å². The molecule has 0 saturated heterocycles. The number of benzene rings is 3. The van der Waals surface area contributed by atoms with Gasteiger partial charge in [0.25, 0.3) is 0 Å². The average Bonchev–Trinajstić information content (AvgIpc) is 2.92. The third-order valence-electron chi connectivity index (χ3n) is 6.64. The molecular weight excluding hydrogens is 358 g/mol. The Bertz CT molecular complexity index is 1340. The molecule has 0 aliphatic carbocycles. The summed E-state index contributed by atoms with van der Waals surface area (Å²) in [4.78, 5) is 11.6. The molecule has 4 aromatic rings. The number of likely N-dealkylation sites (N-methyl/N-ethyl adjacent to an activating group) is 1. The number of fused-ring (bicyclic) bond motifs is 6. The number of aromatic nitrogens is 1. The molecule has 2 aliphatic rings. The molecule has 1 aromatic heterocycles. The minimum absolute atomic E-state index is 0.303. The first-order valence-corrected chi connectivity index (χ1v) is 9.91. The lowest BCUT2D eigenvalue weighted by Gasteiger charge is -2.45. The third-order valence-corrected chi connectivity index (χ3v) is 6.64. The Morgan fingerprint density at radius 1 is 0.897 bits per heavy atom. The zero-order valence-corrected chi connectivity index (χ0v) is 16.7. The van der Waals surface area contributed by atoms with Gasteiger partial charge in [0.2, 0.25) is 5.72 Å². The number of rotatable bonds is 0. The molecule has 2 aliphatic heterocycles. The Morgan fingerprint density at radius 3 is 2.62 bits per heavy atom. The van der Waals surface area contributed by atoms with Crippen molar-refractivity contribution in [2.75, 3.05) is 11.9 Å². The summed E-state index contributed by atoms with van der Waals surface area (Å²) < 4.78 is 6.80. The van der Waals surface area contributed by atoms with Gasteiger partial charge in [-0.15, -0.1) is 0 Å². The standard InChI is InChI=1S/C25H21N3O/c1-24(2)22-17-8-5-4-7-16(17)10-12-20(22)28(3)25(24)15-27-23-18-9-6-14-26-19(18)11-13-21(23)29-25/h4-15H,1-3H3. The number of nitrogens with zero attached hydrogens (tertiary/aromatic N) is 3. The van der Waals surface area contributed by atoms with Crippen LogP contribution in [0.1, 0.15) is 19.4 Å². The number of ether oxygens (including phenoxy) is 1. The summed E-state index contributed by atoms with van der Waals surface area (Å²) >= 11 is 0. The molecule has 29 heavy (non-hydrogen) atoms. The van der Waals surface area contributed by atoms with E-state index in [9.17, 15) is 0 Å². The number of aliphatic imine (C=N–C) groups is 1. The predicted octanol–water partition coefficient (Wildman–Crippen LogP) is 5.61. The highest BCUT2D eigenvalue weighted by Crippen LogP contribution is 2.55. The third kappa shape index (κ3) is 1.93. The summed E-state index contributed by atoms with van der Waals surface area (Å²) in [5, 5.41) is 3.52. The van der Waals surface area contributed by atoms with Crippen LogP contribution in [0.2, 0.25) is 0 Å². The van der Waals surface area contributed by atoms with Gasteiger partial charge in [-0.05, 0) is 60.5 Å². The Labute approximate surface area is 169 Å². The Balaban J connectivity index is 1.59. The molecule has 1 unspecified atom stereocenters. The first kappa shape index (κ1) is 16.5. The van der Waals surface area contributed by atoms with Crippen molar-refractivity contribution in [2.45, 2.75) is 25.0 Å². The fourth-order valence-corrected chi connectivity index (χ4v) is 5.10. The highest BCUT2D eigenvalue weighted by molar-refractivity contribution is 6.01. The smallest absolute Gasteiger partial charge is 0.228 e. The van der Waals surface area contributed by atoms with E-state index in [1.54, 1.807) is 6.20 Å². The van der Waals surface area contributed by atoms with Gasteiger partial charge in [-0.2, -0.15) is 0 Å². The van der Waals surface area contributed by atoms with Crippen molar-refractivity contribution < 1.29 is 4.74 Å². The lowest BCUT2D eigenvalue weighted by Crippen LogP contribution is -2.61. The van der Waals surface area contributed by atoms with Gasteiger partial charge in [0.15, 0.2) is 0 Å². The van der Waals surface area contributed by atoms with E-state index in [4.69, 9.17) is 9.73 Å². The van der Waals surface area contributed by atoms with Gasteiger partial charge in [-0.3, -0.25) is 9.98 Å². The molecule has 0 amide bonds. The van der Waals surface area contributed by atoms with E-state index in [-0.39, 0.29) is 5.41 Å². The molecule has 142 valence electrons. The van der Waals surface area contributed by atoms with Crippen LogP contribution in [0.15, 0.2) is 71.9 Å². The maximum atomic E-state index is 6.80. The summed E-state index contributed by atoms with van der Waals surface area (Å²) in [5.41, 5.74) is 3.27. The molecule has 4 heteroatoms. The van der Waals surface area contributed by atoms with E-state index in [2.05, 4.69) is 67.2 Å². The monoisotopic (exact) mass is 379 g/mol. The van der Waals surface area contributed by atoms with Crippen LogP contribution in [0.5, 0.6) is 5.75 Å². The summed E-state index contributed by atoms with van der Waals surface area (Å²) in [5.74, 6) is 0.796. The largest absolute Gasteiger partial charge is 0.459 e. The number of hydrogen-bond acceptors (Lipinski definition) is 4. The second kappa shape index (κ2) is 5.35. The molecule has 6 rings (SSSR count). The fraction of sp³-hybridized carbons (Fsp3) is 0.200. The van der Waals surface area contributed by atoms with Crippen LogP contribution in [0, 0.1) is 0 Å². The lowest BCUT2D eigenvalue weighted by molar-refractivity contribution is 0.0831. The molecule has 0 N–H and O–H groups in total. The predicted molar refractivity (Wildman–Crippen MR) is 119 cm³/mol. The number of hydrogen-bond donors (Lipinski definition) is 0. The minimum Gasteiger partial charge on any atom is -0.459 e. The van der Waals surface area contributed by atoms with Crippen LogP contribution in [-0.4, -0.2) is 24.0 Å². The van der Waals surface area contributed by atoms with Gasteiger partial charge in [0, 0.05) is 24.3 Å². The van der Waals surface area contributed by atoms with Crippen molar-refractivity contribution >= 4 is 39.3 Å². The zero-order valence-electron chi connectivity index (χ0n) is 16.7.